The van der Waals surface area contributed by atoms with Gasteiger partial charge in [0.25, 0.3) is 0 Å². The number of sulfonamides is 1. The maximum atomic E-state index is 13.3. The summed E-state index contributed by atoms with van der Waals surface area (Å²) in [5, 5.41) is 8.92. The van der Waals surface area contributed by atoms with Crippen LogP contribution in [0, 0.1) is 5.82 Å². The third kappa shape index (κ3) is 5.03. The number of fused-ring (bicyclic) bond motifs is 1. The third-order valence-electron chi connectivity index (χ3n) is 5.42. The van der Waals surface area contributed by atoms with E-state index in [2.05, 4.69) is 10.2 Å². The summed E-state index contributed by atoms with van der Waals surface area (Å²) in [7, 11) is -3.65. The standard InChI is InChI=1S/C22H24FN5O3S2/c1-3-26-20(14-28(33(2,30)31)18-10-8-17(23)9-11-18)24-25-22(26)32-15-21(29)27-13-12-16-6-4-5-7-19(16)27/h4-11H,3,12-15H2,1-2H3. The van der Waals surface area contributed by atoms with Crippen LogP contribution in [0.25, 0.3) is 0 Å². The highest BCUT2D eigenvalue weighted by Gasteiger charge is 2.26. The molecule has 0 aliphatic carbocycles. The molecule has 0 atom stereocenters. The van der Waals surface area contributed by atoms with Crippen molar-refractivity contribution in [3.8, 4) is 0 Å². The molecule has 33 heavy (non-hydrogen) atoms. The molecule has 2 aromatic carbocycles. The van der Waals surface area contributed by atoms with E-state index < -0.39 is 15.8 Å². The Labute approximate surface area is 196 Å². The molecule has 0 saturated carbocycles. The number of amides is 1. The van der Waals surface area contributed by atoms with Crippen molar-refractivity contribution in [3.63, 3.8) is 0 Å². The van der Waals surface area contributed by atoms with Gasteiger partial charge in [0.05, 0.1) is 24.2 Å². The zero-order valence-corrected chi connectivity index (χ0v) is 19.9. The number of rotatable bonds is 8. The van der Waals surface area contributed by atoms with Gasteiger partial charge in [0.15, 0.2) is 11.0 Å². The van der Waals surface area contributed by atoms with Crippen LogP contribution in [0.3, 0.4) is 0 Å². The first-order valence-corrected chi connectivity index (χ1v) is 13.3. The van der Waals surface area contributed by atoms with Gasteiger partial charge >= 0.3 is 0 Å². The Kier molecular flexibility index (Phi) is 6.71. The van der Waals surface area contributed by atoms with E-state index in [9.17, 15) is 17.6 Å². The summed E-state index contributed by atoms with van der Waals surface area (Å²) in [5.41, 5.74) is 2.45. The van der Waals surface area contributed by atoms with Gasteiger partial charge in [0, 0.05) is 18.8 Å². The number of hydrogen-bond acceptors (Lipinski definition) is 6. The lowest BCUT2D eigenvalue weighted by molar-refractivity contribution is -0.116. The van der Waals surface area contributed by atoms with Crippen LogP contribution in [-0.4, -0.2) is 47.6 Å². The van der Waals surface area contributed by atoms with E-state index in [1.165, 1.54) is 36.0 Å². The van der Waals surface area contributed by atoms with Gasteiger partial charge in [0.1, 0.15) is 5.82 Å². The van der Waals surface area contributed by atoms with E-state index in [0.29, 0.717) is 29.8 Å². The summed E-state index contributed by atoms with van der Waals surface area (Å²) in [6.07, 6.45) is 1.93. The second kappa shape index (κ2) is 9.52. The Morgan fingerprint density at radius 2 is 1.88 bits per heavy atom. The molecule has 2 heterocycles. The first kappa shape index (κ1) is 23.2. The Hall–Kier alpha value is -2.92. The number of nitrogens with zero attached hydrogens (tertiary/aromatic N) is 5. The molecule has 1 aliphatic rings. The highest BCUT2D eigenvalue weighted by Crippen LogP contribution is 2.29. The third-order valence-corrected chi connectivity index (χ3v) is 7.51. The fourth-order valence-corrected chi connectivity index (χ4v) is 5.55. The summed E-state index contributed by atoms with van der Waals surface area (Å²) in [6, 6.07) is 13.1. The summed E-state index contributed by atoms with van der Waals surface area (Å²) in [5.74, 6) is 0.170. The molecule has 0 bridgehead atoms. The molecule has 8 nitrogen and oxygen atoms in total. The van der Waals surface area contributed by atoms with E-state index in [1.54, 1.807) is 9.47 Å². The molecule has 11 heteroatoms. The van der Waals surface area contributed by atoms with Crippen LogP contribution >= 0.6 is 11.8 Å². The fraction of sp³-hybridized carbons (Fsp3) is 0.318. The molecule has 174 valence electrons. The predicted molar refractivity (Wildman–Crippen MR) is 126 cm³/mol. The van der Waals surface area contributed by atoms with Crippen molar-refractivity contribution >= 4 is 39.1 Å². The second-order valence-corrected chi connectivity index (χ2v) is 10.5. The molecule has 1 amide bonds. The van der Waals surface area contributed by atoms with Crippen LogP contribution in [0.4, 0.5) is 15.8 Å². The summed E-state index contributed by atoms with van der Waals surface area (Å²) in [6.45, 7) is 3.01. The van der Waals surface area contributed by atoms with Crippen molar-refractivity contribution in [2.45, 2.75) is 31.6 Å². The Morgan fingerprint density at radius 3 is 2.58 bits per heavy atom. The van der Waals surface area contributed by atoms with Crippen LogP contribution in [0.5, 0.6) is 0 Å². The maximum absolute atomic E-state index is 13.3. The normalized spacial score (nSPS) is 13.2. The largest absolute Gasteiger partial charge is 0.311 e. The Bertz CT molecular complexity index is 1260. The van der Waals surface area contributed by atoms with Gasteiger partial charge in [-0.1, -0.05) is 30.0 Å². The molecule has 4 rings (SSSR count). The van der Waals surface area contributed by atoms with Crippen molar-refractivity contribution in [1.29, 1.82) is 0 Å². The van der Waals surface area contributed by atoms with Gasteiger partial charge < -0.3 is 9.47 Å². The highest BCUT2D eigenvalue weighted by molar-refractivity contribution is 7.99. The summed E-state index contributed by atoms with van der Waals surface area (Å²) in [4.78, 5) is 14.6. The zero-order chi connectivity index (χ0) is 23.6. The van der Waals surface area contributed by atoms with Crippen molar-refractivity contribution in [3.05, 3.63) is 65.7 Å². The number of anilines is 2. The summed E-state index contributed by atoms with van der Waals surface area (Å²) < 4.78 is 41.1. The van der Waals surface area contributed by atoms with Gasteiger partial charge in [-0.3, -0.25) is 9.10 Å². The topological polar surface area (TPSA) is 88.4 Å². The summed E-state index contributed by atoms with van der Waals surface area (Å²) >= 11 is 1.28. The number of thioether (sulfide) groups is 1. The van der Waals surface area contributed by atoms with Crippen LogP contribution in [0.1, 0.15) is 18.3 Å². The molecule has 0 spiro atoms. The minimum absolute atomic E-state index is 0.0128. The van der Waals surface area contributed by atoms with Crippen LogP contribution in [-0.2, 0) is 34.3 Å². The molecule has 3 aromatic rings. The van der Waals surface area contributed by atoms with E-state index in [1.807, 2.05) is 31.2 Å². The van der Waals surface area contributed by atoms with E-state index >= 15 is 0 Å². The van der Waals surface area contributed by atoms with Gasteiger partial charge in [-0.05, 0) is 49.2 Å². The lowest BCUT2D eigenvalue weighted by Gasteiger charge is -2.22. The minimum Gasteiger partial charge on any atom is -0.311 e. The Morgan fingerprint density at radius 1 is 1.15 bits per heavy atom. The predicted octanol–water partition coefficient (Wildman–Crippen LogP) is 3.08. The lowest BCUT2D eigenvalue weighted by Crippen LogP contribution is -2.31. The van der Waals surface area contributed by atoms with Crippen LogP contribution in [0.2, 0.25) is 0 Å². The smallest absolute Gasteiger partial charge is 0.237 e. The molecule has 1 aliphatic heterocycles. The SMILES string of the molecule is CCn1c(CN(c2ccc(F)cc2)S(C)(=O)=O)nnc1SCC(=O)N1CCc2ccccc21. The second-order valence-electron chi connectivity index (χ2n) is 7.60. The highest BCUT2D eigenvalue weighted by atomic mass is 32.2. The average molecular weight is 490 g/mol. The number of benzene rings is 2. The molecule has 0 saturated heterocycles. The number of carbonyl (C=O) groups is 1. The van der Waals surface area contributed by atoms with Crippen molar-refractivity contribution in [2.75, 3.05) is 27.8 Å². The maximum Gasteiger partial charge on any atom is 0.237 e. The molecular formula is C22H24FN5O3S2. The van der Waals surface area contributed by atoms with Crippen LogP contribution < -0.4 is 9.21 Å². The van der Waals surface area contributed by atoms with Gasteiger partial charge in [-0.15, -0.1) is 10.2 Å². The van der Waals surface area contributed by atoms with Crippen molar-refractivity contribution in [1.82, 2.24) is 14.8 Å². The van der Waals surface area contributed by atoms with Crippen LogP contribution in [0.15, 0.2) is 53.7 Å². The van der Waals surface area contributed by atoms with Gasteiger partial charge in [-0.25, -0.2) is 12.8 Å². The molecule has 0 unspecified atom stereocenters. The number of hydrogen-bond donors (Lipinski definition) is 0. The molecule has 0 fully saturated rings. The number of halogens is 1. The molecular weight excluding hydrogens is 465 g/mol. The average Bonchev–Trinajstić information content (AvgIpc) is 3.39. The van der Waals surface area contributed by atoms with Crippen molar-refractivity contribution in [2.24, 2.45) is 0 Å². The van der Waals surface area contributed by atoms with E-state index in [4.69, 9.17) is 0 Å². The quantitative estimate of drug-likeness (QED) is 0.452. The number of para-hydroxylation sites is 1. The zero-order valence-electron chi connectivity index (χ0n) is 18.3. The molecule has 0 radical (unpaired) electrons. The molecule has 0 N–H and O–H groups in total. The fourth-order valence-electron chi connectivity index (χ4n) is 3.80. The molecule has 1 aromatic heterocycles. The first-order chi connectivity index (χ1) is 15.8. The van der Waals surface area contributed by atoms with Gasteiger partial charge in [-0.2, -0.15) is 0 Å². The van der Waals surface area contributed by atoms with Gasteiger partial charge in [0.2, 0.25) is 15.9 Å². The van der Waals surface area contributed by atoms with E-state index in [0.717, 1.165) is 28.2 Å². The monoisotopic (exact) mass is 489 g/mol. The Balaban J connectivity index is 1.50. The minimum atomic E-state index is -3.65. The van der Waals surface area contributed by atoms with Crippen molar-refractivity contribution < 1.29 is 17.6 Å². The first-order valence-electron chi connectivity index (χ1n) is 10.4. The number of aromatic nitrogens is 3. The lowest BCUT2D eigenvalue weighted by atomic mass is 10.2. The number of carbonyl (C=O) groups excluding carboxylic acids is 1. The van der Waals surface area contributed by atoms with E-state index in [-0.39, 0.29) is 18.2 Å².